The smallest absolute Gasteiger partial charge is 0.252 e. The lowest BCUT2D eigenvalue weighted by molar-refractivity contribution is -0.163. The van der Waals surface area contributed by atoms with E-state index in [1.165, 1.54) is 0 Å². The summed E-state index contributed by atoms with van der Waals surface area (Å²) in [7, 11) is 1.83. The molecule has 2 unspecified atom stereocenters. The minimum absolute atomic E-state index is 0.105. The summed E-state index contributed by atoms with van der Waals surface area (Å²) in [5.41, 5.74) is 0. The number of nitrogens with one attached hydrogen (secondary N) is 1. The Morgan fingerprint density at radius 1 is 1.64 bits per heavy atom. The van der Waals surface area contributed by atoms with Crippen molar-refractivity contribution < 1.29 is 9.53 Å². The topological polar surface area (TPSA) is 41.6 Å². The highest BCUT2D eigenvalue weighted by atomic mass is 16.5. The van der Waals surface area contributed by atoms with E-state index in [-0.39, 0.29) is 18.1 Å². The van der Waals surface area contributed by atoms with Gasteiger partial charge in [0.15, 0.2) is 0 Å². The number of likely N-dealkylation sites (N-methyl/N-ethyl adjacent to an activating group) is 1. The highest BCUT2D eigenvalue weighted by Crippen LogP contribution is 2.13. The number of ether oxygens (including phenoxy) is 1. The third-order valence-corrected chi connectivity index (χ3v) is 2.19. The summed E-state index contributed by atoms with van der Waals surface area (Å²) in [6.07, 6.45) is -0.0241. The number of fused-ring (bicyclic) bond motifs is 2. The standard InChI is InChI=1S/C7H12N2O2/c1-9-4-5-2-8-3-6(11-5)7(9)10/h5-6,8H,2-4H2,1H3. The van der Waals surface area contributed by atoms with E-state index in [4.69, 9.17) is 4.74 Å². The molecule has 1 N–H and O–H groups in total. The van der Waals surface area contributed by atoms with Crippen molar-refractivity contribution in [2.45, 2.75) is 12.2 Å². The lowest BCUT2D eigenvalue weighted by atomic mass is 10.1. The predicted octanol–water partition coefficient (Wildman–Crippen LogP) is -1.18. The molecular weight excluding hydrogens is 144 g/mol. The average molecular weight is 156 g/mol. The van der Waals surface area contributed by atoms with Crippen LogP contribution in [0.4, 0.5) is 0 Å². The zero-order chi connectivity index (χ0) is 7.84. The molecule has 0 saturated carbocycles. The van der Waals surface area contributed by atoms with Crippen LogP contribution >= 0.6 is 0 Å². The molecule has 0 aromatic rings. The van der Waals surface area contributed by atoms with Gasteiger partial charge in [-0.1, -0.05) is 0 Å². The number of carbonyl (C=O) groups is 1. The third kappa shape index (κ3) is 1.12. The maximum atomic E-state index is 11.3. The van der Waals surface area contributed by atoms with Crippen LogP contribution in [0.1, 0.15) is 0 Å². The van der Waals surface area contributed by atoms with Crippen LogP contribution in [0.3, 0.4) is 0 Å². The SMILES string of the molecule is CN1CC2CNCC(O2)C1=O. The Morgan fingerprint density at radius 3 is 3.27 bits per heavy atom. The molecule has 4 heteroatoms. The van der Waals surface area contributed by atoms with Crippen LogP contribution in [0.5, 0.6) is 0 Å². The van der Waals surface area contributed by atoms with Gasteiger partial charge >= 0.3 is 0 Å². The van der Waals surface area contributed by atoms with E-state index in [0.29, 0.717) is 6.54 Å². The Balaban J connectivity index is 2.11. The van der Waals surface area contributed by atoms with Crippen LogP contribution < -0.4 is 5.32 Å². The molecule has 1 amide bonds. The largest absolute Gasteiger partial charge is 0.361 e. The van der Waals surface area contributed by atoms with Crippen LogP contribution in [-0.4, -0.2) is 49.7 Å². The number of hydrogen-bond acceptors (Lipinski definition) is 3. The Kier molecular flexibility index (Phi) is 1.58. The van der Waals surface area contributed by atoms with Crippen molar-refractivity contribution >= 4 is 5.91 Å². The molecule has 62 valence electrons. The second-order valence-corrected chi connectivity index (χ2v) is 3.12. The number of amides is 1. The lowest BCUT2D eigenvalue weighted by Crippen LogP contribution is -2.60. The predicted molar refractivity (Wildman–Crippen MR) is 39.2 cm³/mol. The quantitative estimate of drug-likeness (QED) is 0.480. The average Bonchev–Trinajstić information content (AvgIpc) is 2.01. The number of nitrogens with zero attached hydrogens (tertiary/aromatic N) is 1. The number of carbonyl (C=O) groups excluding carboxylic acids is 1. The molecule has 0 aromatic carbocycles. The van der Waals surface area contributed by atoms with Gasteiger partial charge in [-0.15, -0.1) is 0 Å². The van der Waals surface area contributed by atoms with Gasteiger partial charge in [-0.3, -0.25) is 4.79 Å². The van der Waals surface area contributed by atoms with Gasteiger partial charge in [-0.25, -0.2) is 0 Å². The van der Waals surface area contributed by atoms with E-state index in [2.05, 4.69) is 5.32 Å². The zero-order valence-corrected chi connectivity index (χ0v) is 6.54. The van der Waals surface area contributed by atoms with Crippen LogP contribution in [0.25, 0.3) is 0 Å². The molecule has 2 aliphatic rings. The van der Waals surface area contributed by atoms with Gasteiger partial charge in [0.25, 0.3) is 5.91 Å². The van der Waals surface area contributed by atoms with Gasteiger partial charge in [-0.05, 0) is 0 Å². The fraction of sp³-hybridized carbons (Fsp3) is 0.857. The van der Waals surface area contributed by atoms with Gasteiger partial charge in [0.2, 0.25) is 0 Å². The zero-order valence-electron chi connectivity index (χ0n) is 6.54. The van der Waals surface area contributed by atoms with Crippen LogP contribution in [0.2, 0.25) is 0 Å². The van der Waals surface area contributed by atoms with Gasteiger partial charge < -0.3 is 15.0 Å². The van der Waals surface area contributed by atoms with Gasteiger partial charge in [0.1, 0.15) is 6.10 Å². The van der Waals surface area contributed by atoms with E-state index in [1.807, 2.05) is 7.05 Å². The molecule has 0 aliphatic carbocycles. The molecule has 0 spiro atoms. The fourth-order valence-corrected chi connectivity index (χ4v) is 1.60. The van der Waals surface area contributed by atoms with Crippen molar-refractivity contribution in [3.63, 3.8) is 0 Å². The number of morpholine rings is 2. The maximum absolute atomic E-state index is 11.3. The summed E-state index contributed by atoms with van der Waals surface area (Å²) in [5, 5.41) is 3.17. The molecule has 2 rings (SSSR count). The molecule has 2 saturated heterocycles. The second kappa shape index (κ2) is 2.46. The van der Waals surface area contributed by atoms with E-state index in [0.717, 1.165) is 13.1 Å². The second-order valence-electron chi connectivity index (χ2n) is 3.12. The van der Waals surface area contributed by atoms with Crippen LogP contribution in [-0.2, 0) is 9.53 Å². The summed E-state index contributed by atoms with van der Waals surface area (Å²) >= 11 is 0. The van der Waals surface area contributed by atoms with Crippen molar-refractivity contribution in [3.8, 4) is 0 Å². The van der Waals surface area contributed by atoms with E-state index < -0.39 is 0 Å². The minimum Gasteiger partial charge on any atom is -0.361 e. The Labute approximate surface area is 65.5 Å². The van der Waals surface area contributed by atoms with Crippen molar-refractivity contribution in [1.82, 2.24) is 10.2 Å². The first kappa shape index (κ1) is 7.06. The van der Waals surface area contributed by atoms with Crippen LogP contribution in [0, 0.1) is 0 Å². The summed E-state index contributed by atoms with van der Waals surface area (Å²) in [6.45, 7) is 2.26. The van der Waals surface area contributed by atoms with Gasteiger partial charge in [0.05, 0.1) is 6.10 Å². The summed E-state index contributed by atoms with van der Waals surface area (Å²) in [5.74, 6) is 0.105. The Morgan fingerprint density at radius 2 is 2.45 bits per heavy atom. The van der Waals surface area contributed by atoms with Crippen molar-refractivity contribution in [2.24, 2.45) is 0 Å². The van der Waals surface area contributed by atoms with Crippen molar-refractivity contribution in [2.75, 3.05) is 26.7 Å². The molecule has 4 nitrogen and oxygen atoms in total. The molecular formula is C7H12N2O2. The monoisotopic (exact) mass is 156 g/mol. The van der Waals surface area contributed by atoms with Crippen LogP contribution in [0.15, 0.2) is 0 Å². The fourth-order valence-electron chi connectivity index (χ4n) is 1.60. The highest BCUT2D eigenvalue weighted by Gasteiger charge is 2.35. The normalized spacial score (nSPS) is 37.5. The van der Waals surface area contributed by atoms with Crippen molar-refractivity contribution in [3.05, 3.63) is 0 Å². The molecule has 11 heavy (non-hydrogen) atoms. The highest BCUT2D eigenvalue weighted by molar-refractivity contribution is 5.81. The summed E-state index contributed by atoms with van der Waals surface area (Å²) in [4.78, 5) is 13.0. The maximum Gasteiger partial charge on any atom is 0.252 e. The van der Waals surface area contributed by atoms with E-state index >= 15 is 0 Å². The van der Waals surface area contributed by atoms with Crippen molar-refractivity contribution in [1.29, 1.82) is 0 Å². The molecule has 2 bridgehead atoms. The molecule has 2 atom stereocenters. The molecule has 2 fully saturated rings. The van der Waals surface area contributed by atoms with E-state index in [1.54, 1.807) is 4.90 Å². The van der Waals surface area contributed by atoms with Gasteiger partial charge in [-0.2, -0.15) is 0 Å². The molecule has 2 heterocycles. The summed E-state index contributed by atoms with van der Waals surface area (Å²) < 4.78 is 5.45. The minimum atomic E-state index is -0.229. The Bertz CT molecular complexity index is 181. The lowest BCUT2D eigenvalue weighted by Gasteiger charge is -2.39. The molecule has 0 radical (unpaired) electrons. The molecule has 0 aromatic heterocycles. The number of rotatable bonds is 0. The Hall–Kier alpha value is -0.610. The number of hydrogen-bond donors (Lipinski definition) is 1. The first-order chi connectivity index (χ1) is 5.27. The molecule has 2 aliphatic heterocycles. The first-order valence-electron chi connectivity index (χ1n) is 3.88. The first-order valence-corrected chi connectivity index (χ1v) is 3.88. The van der Waals surface area contributed by atoms with E-state index in [9.17, 15) is 4.79 Å². The summed E-state index contributed by atoms with van der Waals surface area (Å²) in [6, 6.07) is 0. The van der Waals surface area contributed by atoms with Gasteiger partial charge in [0, 0.05) is 26.7 Å². The third-order valence-electron chi connectivity index (χ3n) is 2.19.